The smallest absolute Gasteiger partial charge is 0.419 e. The molecular formula is C21H25Cl2F3NO4P. The van der Waals surface area contributed by atoms with Gasteiger partial charge in [-0.25, -0.2) is 0 Å². The summed E-state index contributed by atoms with van der Waals surface area (Å²) in [5, 5.41) is 10.3. The van der Waals surface area contributed by atoms with Crippen molar-refractivity contribution in [2.75, 3.05) is 19.8 Å². The predicted octanol–water partition coefficient (Wildman–Crippen LogP) is 5.33. The van der Waals surface area contributed by atoms with E-state index in [4.69, 9.17) is 38.2 Å². The van der Waals surface area contributed by atoms with Gasteiger partial charge in [-0.3, -0.25) is 4.57 Å². The van der Waals surface area contributed by atoms with Crippen molar-refractivity contribution in [2.45, 2.75) is 37.4 Å². The molecule has 3 N–H and O–H groups in total. The first kappa shape index (κ1) is 27.0. The Morgan fingerprint density at radius 3 is 2.53 bits per heavy atom. The fraction of sp³-hybridized carbons (Fsp3) is 0.429. The number of halogens is 5. The molecule has 0 aliphatic carbocycles. The average molecular weight is 514 g/mol. The monoisotopic (exact) mass is 513 g/mol. The number of rotatable bonds is 12. The lowest BCUT2D eigenvalue weighted by Gasteiger charge is -2.26. The van der Waals surface area contributed by atoms with Gasteiger partial charge in [0, 0.05) is 0 Å². The molecule has 0 amide bonds. The summed E-state index contributed by atoms with van der Waals surface area (Å²) in [6.07, 6.45) is -3.32. The Morgan fingerprint density at radius 2 is 1.88 bits per heavy atom. The summed E-state index contributed by atoms with van der Waals surface area (Å²) in [6, 6.07) is 9.04. The van der Waals surface area contributed by atoms with Crippen LogP contribution in [0.3, 0.4) is 0 Å². The molecular weight excluding hydrogens is 489 g/mol. The highest BCUT2D eigenvalue weighted by atomic mass is 35.5. The van der Waals surface area contributed by atoms with Crippen LogP contribution in [-0.4, -0.2) is 30.5 Å². The molecule has 2 rings (SSSR count). The summed E-state index contributed by atoms with van der Waals surface area (Å²) >= 11 is 12.1. The maximum Gasteiger partial charge on any atom is 0.419 e. The van der Waals surface area contributed by atoms with E-state index in [2.05, 4.69) is 0 Å². The highest BCUT2D eigenvalue weighted by Crippen LogP contribution is 2.37. The lowest BCUT2D eigenvalue weighted by Crippen LogP contribution is -2.47. The summed E-state index contributed by atoms with van der Waals surface area (Å²) in [6.45, 7) is -0.529. The van der Waals surface area contributed by atoms with Crippen LogP contribution in [0.15, 0.2) is 36.4 Å². The molecule has 0 spiro atoms. The molecule has 0 aromatic heterocycles. The van der Waals surface area contributed by atoms with Crippen molar-refractivity contribution in [3.8, 4) is 5.75 Å². The minimum Gasteiger partial charge on any atom is -0.493 e. The van der Waals surface area contributed by atoms with E-state index < -0.39 is 32.6 Å². The maximum atomic E-state index is 13.6. The van der Waals surface area contributed by atoms with E-state index in [-0.39, 0.29) is 31.8 Å². The first-order valence-electron chi connectivity index (χ1n) is 9.80. The molecule has 2 atom stereocenters. The van der Waals surface area contributed by atoms with Crippen molar-refractivity contribution < 1.29 is 32.1 Å². The summed E-state index contributed by atoms with van der Waals surface area (Å²) in [7, 11) is -1.49. The summed E-state index contributed by atoms with van der Waals surface area (Å²) in [4.78, 5) is 0. The van der Waals surface area contributed by atoms with Crippen LogP contribution >= 0.6 is 31.9 Å². The third-order valence-electron chi connectivity index (χ3n) is 4.89. The third-order valence-corrected chi connectivity index (χ3v) is 6.06. The van der Waals surface area contributed by atoms with Gasteiger partial charge in [-0.1, -0.05) is 41.4 Å². The van der Waals surface area contributed by atoms with E-state index in [9.17, 15) is 22.8 Å². The van der Waals surface area contributed by atoms with Gasteiger partial charge in [0.05, 0.1) is 41.0 Å². The average Bonchev–Trinajstić information content (AvgIpc) is 2.76. The van der Waals surface area contributed by atoms with Gasteiger partial charge in [0.25, 0.3) is 0 Å². The van der Waals surface area contributed by atoms with Crippen molar-refractivity contribution >= 4 is 31.9 Å². The number of benzene rings is 2. The van der Waals surface area contributed by atoms with Gasteiger partial charge in [0.2, 0.25) is 0 Å². The standard InChI is InChI=1S/C21H25Cl2F3NO4P/c22-17-5-1-3-15(19(17)23)4-2-10-30-18-7-6-14(11-16(18)21(24,25)26)8-9-20(27,12-28)13-31-32-29/h1,3,5-7,11,28H,2,4,8-10,12-13,27,32H2. The molecule has 0 aliphatic rings. The Kier molecular flexibility index (Phi) is 10.3. The molecule has 0 radical (unpaired) electrons. The number of nitrogens with two attached hydrogens (primary N) is 1. The molecule has 0 heterocycles. The van der Waals surface area contributed by atoms with Gasteiger partial charge in [-0.05, 0) is 55.0 Å². The number of aryl methyl sites for hydroxylation is 2. The fourth-order valence-electron chi connectivity index (χ4n) is 3.06. The number of aliphatic hydroxyl groups excluding tert-OH is 1. The number of aliphatic hydroxyl groups is 1. The minimum atomic E-state index is -4.60. The Labute approximate surface area is 195 Å². The Balaban J connectivity index is 2.03. The van der Waals surface area contributed by atoms with Crippen molar-refractivity contribution in [1.82, 2.24) is 0 Å². The number of hydrogen-bond acceptors (Lipinski definition) is 5. The molecule has 2 aromatic carbocycles. The molecule has 0 aliphatic heterocycles. The Bertz CT molecular complexity index is 917. The largest absolute Gasteiger partial charge is 0.493 e. The number of alkyl halides is 3. The zero-order valence-electron chi connectivity index (χ0n) is 17.1. The highest BCUT2D eigenvalue weighted by Gasteiger charge is 2.35. The van der Waals surface area contributed by atoms with Gasteiger partial charge in [0.1, 0.15) is 5.75 Å². The summed E-state index contributed by atoms with van der Waals surface area (Å²) < 4.78 is 61.5. The van der Waals surface area contributed by atoms with Crippen molar-refractivity contribution in [2.24, 2.45) is 5.73 Å². The van der Waals surface area contributed by atoms with Crippen LogP contribution in [0.2, 0.25) is 10.0 Å². The molecule has 0 saturated heterocycles. The van der Waals surface area contributed by atoms with Crippen LogP contribution < -0.4 is 10.5 Å². The molecule has 0 fully saturated rings. The van der Waals surface area contributed by atoms with Crippen LogP contribution in [0.1, 0.15) is 29.5 Å². The van der Waals surface area contributed by atoms with Crippen molar-refractivity contribution in [3.05, 3.63) is 63.1 Å². The second kappa shape index (κ2) is 12.3. The van der Waals surface area contributed by atoms with Gasteiger partial charge in [-0.15, -0.1) is 0 Å². The first-order chi connectivity index (χ1) is 15.1. The molecule has 11 heteroatoms. The lowest BCUT2D eigenvalue weighted by atomic mass is 9.93. The zero-order chi connectivity index (χ0) is 23.8. The minimum absolute atomic E-state index is 0.0660. The normalized spacial score (nSPS) is 14.1. The quantitative estimate of drug-likeness (QED) is 0.296. The van der Waals surface area contributed by atoms with Crippen molar-refractivity contribution in [3.63, 3.8) is 0 Å². The first-order valence-corrected chi connectivity index (χ1v) is 11.5. The van der Waals surface area contributed by atoms with E-state index in [1.807, 2.05) is 0 Å². The van der Waals surface area contributed by atoms with Gasteiger partial charge < -0.3 is 20.1 Å². The molecule has 32 heavy (non-hydrogen) atoms. The van der Waals surface area contributed by atoms with Crippen LogP contribution in [-0.2, 0) is 28.1 Å². The zero-order valence-corrected chi connectivity index (χ0v) is 19.8. The van der Waals surface area contributed by atoms with E-state index in [1.54, 1.807) is 18.2 Å². The van der Waals surface area contributed by atoms with Crippen LogP contribution in [0.5, 0.6) is 5.75 Å². The third kappa shape index (κ3) is 7.94. The summed E-state index contributed by atoms with van der Waals surface area (Å²) in [5.41, 5.74) is 5.07. The van der Waals surface area contributed by atoms with E-state index in [1.165, 1.54) is 12.1 Å². The van der Waals surface area contributed by atoms with Gasteiger partial charge >= 0.3 is 6.18 Å². The topological polar surface area (TPSA) is 81.8 Å². The van der Waals surface area contributed by atoms with E-state index >= 15 is 0 Å². The lowest BCUT2D eigenvalue weighted by molar-refractivity contribution is -0.139. The Hall–Kier alpha value is -1.28. The fourth-order valence-corrected chi connectivity index (χ4v) is 3.87. The molecule has 2 aromatic rings. The second-order valence-corrected chi connectivity index (χ2v) is 8.73. The van der Waals surface area contributed by atoms with Crippen molar-refractivity contribution in [1.29, 1.82) is 0 Å². The number of ether oxygens (including phenoxy) is 1. The highest BCUT2D eigenvalue weighted by molar-refractivity contribution is 7.17. The molecule has 0 saturated carbocycles. The van der Waals surface area contributed by atoms with Crippen LogP contribution in [0.4, 0.5) is 13.2 Å². The van der Waals surface area contributed by atoms with Crippen LogP contribution in [0.25, 0.3) is 0 Å². The van der Waals surface area contributed by atoms with Gasteiger partial charge in [-0.2, -0.15) is 13.2 Å². The van der Waals surface area contributed by atoms with E-state index in [0.29, 0.717) is 28.5 Å². The van der Waals surface area contributed by atoms with Gasteiger partial charge in [0.15, 0.2) is 8.69 Å². The van der Waals surface area contributed by atoms with Crippen LogP contribution in [0, 0.1) is 0 Å². The number of hydrogen-bond donors (Lipinski definition) is 2. The molecule has 2 unspecified atom stereocenters. The predicted molar refractivity (Wildman–Crippen MR) is 120 cm³/mol. The summed E-state index contributed by atoms with van der Waals surface area (Å²) in [5.74, 6) is -0.266. The van der Waals surface area contributed by atoms with E-state index in [0.717, 1.165) is 11.6 Å². The Morgan fingerprint density at radius 1 is 1.12 bits per heavy atom. The maximum absolute atomic E-state index is 13.6. The SMILES string of the molecule is NC(CO)(CCc1ccc(OCCCc2cccc(Cl)c2Cl)c(C(F)(F)F)c1)CO[PH2]=O. The molecule has 178 valence electrons. The molecule has 0 bridgehead atoms. The molecule has 5 nitrogen and oxygen atoms in total. The second-order valence-electron chi connectivity index (χ2n) is 7.42.